The molecule has 0 aliphatic rings. The quantitative estimate of drug-likeness (QED) is 0.357. The minimum Gasteiger partial charge on any atom is -0.465 e. The van der Waals surface area contributed by atoms with Gasteiger partial charge in [0.15, 0.2) is 0 Å². The second kappa shape index (κ2) is 7.65. The van der Waals surface area contributed by atoms with Crippen molar-refractivity contribution in [1.29, 1.82) is 0 Å². The maximum absolute atomic E-state index is 13.5. The van der Waals surface area contributed by atoms with E-state index in [0.717, 1.165) is 5.39 Å². The van der Waals surface area contributed by atoms with Crippen molar-refractivity contribution in [3.05, 3.63) is 88.2 Å². The number of benzene rings is 2. The topological polar surface area (TPSA) is 74.1 Å². The molecule has 0 N–H and O–H groups in total. The summed E-state index contributed by atoms with van der Waals surface area (Å²) in [6, 6.07) is 15.7. The van der Waals surface area contributed by atoms with Crippen LogP contribution in [0, 0.1) is 0 Å². The van der Waals surface area contributed by atoms with Crippen molar-refractivity contribution in [3.63, 3.8) is 0 Å². The molecule has 4 aromatic rings. The molecule has 4 rings (SSSR count). The van der Waals surface area contributed by atoms with Gasteiger partial charge in [0.2, 0.25) is 5.78 Å². The Morgan fingerprint density at radius 2 is 1.47 bits per heavy atom. The predicted molar refractivity (Wildman–Crippen MR) is 112 cm³/mol. The lowest BCUT2D eigenvalue weighted by atomic mass is 10.0. The highest BCUT2D eigenvalue weighted by atomic mass is 35.5. The number of aromatic nitrogens is 1. The molecule has 2 heterocycles. The van der Waals surface area contributed by atoms with E-state index in [-0.39, 0.29) is 27.4 Å². The summed E-state index contributed by atoms with van der Waals surface area (Å²) in [5.74, 6) is -2.08. The smallest absolute Gasteiger partial charge is 0.341 e. The van der Waals surface area contributed by atoms with Crippen LogP contribution in [-0.2, 0) is 9.47 Å². The number of pyridine rings is 1. The standard InChI is InChI=1S/C23H16ClNO5/c1-29-22(27)17-18(23(28)30-2)20(21(26)15-9-5-6-10-16(15)24)25-12-11-13-7-3-4-8-14(13)19(17)25/h3-12H,1-2H3. The summed E-state index contributed by atoms with van der Waals surface area (Å²) in [7, 11) is 2.40. The number of fused-ring (bicyclic) bond motifs is 3. The molecule has 0 radical (unpaired) electrons. The maximum Gasteiger partial charge on any atom is 0.341 e. The van der Waals surface area contributed by atoms with Crippen LogP contribution < -0.4 is 0 Å². The first kappa shape index (κ1) is 19.7. The Hall–Kier alpha value is -3.64. The molecule has 0 unspecified atom stereocenters. The fraction of sp³-hybridized carbons (Fsp3) is 0.0870. The molecule has 0 aliphatic heterocycles. The van der Waals surface area contributed by atoms with E-state index in [9.17, 15) is 14.4 Å². The van der Waals surface area contributed by atoms with Gasteiger partial charge in [-0.3, -0.25) is 4.79 Å². The highest BCUT2D eigenvalue weighted by Gasteiger charge is 2.34. The van der Waals surface area contributed by atoms with E-state index in [1.807, 2.05) is 24.3 Å². The van der Waals surface area contributed by atoms with Gasteiger partial charge in [0, 0.05) is 17.1 Å². The molecular weight excluding hydrogens is 406 g/mol. The Labute approximate surface area is 176 Å². The molecular formula is C23H16ClNO5. The van der Waals surface area contributed by atoms with Gasteiger partial charge in [-0.25, -0.2) is 9.59 Å². The van der Waals surface area contributed by atoms with Crippen LogP contribution in [0.2, 0.25) is 5.02 Å². The Bertz CT molecular complexity index is 1340. The zero-order chi connectivity index (χ0) is 21.4. The predicted octanol–water partition coefficient (Wildman–Crippen LogP) is 4.55. The lowest BCUT2D eigenvalue weighted by molar-refractivity contribution is 0.0556. The number of ether oxygens (including phenoxy) is 2. The van der Waals surface area contributed by atoms with E-state index in [4.69, 9.17) is 21.1 Å². The van der Waals surface area contributed by atoms with Crippen molar-refractivity contribution in [2.45, 2.75) is 0 Å². The Balaban J connectivity index is 2.20. The average Bonchev–Trinajstić information content (AvgIpc) is 3.13. The molecule has 2 aromatic carbocycles. The van der Waals surface area contributed by atoms with E-state index in [1.165, 1.54) is 18.6 Å². The summed E-state index contributed by atoms with van der Waals surface area (Å²) in [6.45, 7) is 0. The van der Waals surface area contributed by atoms with Gasteiger partial charge in [0.05, 0.1) is 24.8 Å². The number of ketones is 1. The van der Waals surface area contributed by atoms with Crippen LogP contribution in [0.1, 0.15) is 36.8 Å². The number of rotatable bonds is 4. The molecule has 0 atom stereocenters. The van der Waals surface area contributed by atoms with Crippen LogP contribution in [0.4, 0.5) is 0 Å². The number of hydrogen-bond donors (Lipinski definition) is 0. The van der Waals surface area contributed by atoms with E-state index >= 15 is 0 Å². The third kappa shape index (κ3) is 2.93. The fourth-order valence-electron chi connectivity index (χ4n) is 3.61. The zero-order valence-electron chi connectivity index (χ0n) is 16.1. The summed E-state index contributed by atoms with van der Waals surface area (Å²) < 4.78 is 11.4. The number of methoxy groups -OCH3 is 2. The van der Waals surface area contributed by atoms with Gasteiger partial charge < -0.3 is 13.9 Å². The molecule has 7 heteroatoms. The molecule has 2 aromatic heterocycles. The number of hydrogen-bond acceptors (Lipinski definition) is 5. The number of nitrogens with zero attached hydrogens (tertiary/aromatic N) is 1. The monoisotopic (exact) mass is 421 g/mol. The third-order valence-electron chi connectivity index (χ3n) is 4.94. The van der Waals surface area contributed by atoms with Crippen LogP contribution in [0.25, 0.3) is 16.3 Å². The van der Waals surface area contributed by atoms with Gasteiger partial charge in [-0.2, -0.15) is 0 Å². The average molecular weight is 422 g/mol. The number of carbonyl (C=O) groups excluding carboxylic acids is 3. The van der Waals surface area contributed by atoms with Crippen LogP contribution in [0.5, 0.6) is 0 Å². The Kier molecular flexibility index (Phi) is 5.01. The molecule has 0 fully saturated rings. The highest BCUT2D eigenvalue weighted by molar-refractivity contribution is 6.35. The second-order valence-corrected chi connectivity index (χ2v) is 6.92. The van der Waals surface area contributed by atoms with Gasteiger partial charge in [-0.1, -0.05) is 48.0 Å². The van der Waals surface area contributed by atoms with Crippen LogP contribution in [0.15, 0.2) is 60.8 Å². The number of carbonyl (C=O) groups is 3. The van der Waals surface area contributed by atoms with Gasteiger partial charge in [-0.05, 0) is 23.6 Å². The first-order chi connectivity index (χ1) is 14.5. The molecule has 0 aliphatic carbocycles. The van der Waals surface area contributed by atoms with E-state index in [1.54, 1.807) is 36.5 Å². The Morgan fingerprint density at radius 3 is 2.17 bits per heavy atom. The normalized spacial score (nSPS) is 10.9. The number of halogens is 1. The summed E-state index contributed by atoms with van der Waals surface area (Å²) in [5.41, 5.74) is 0.377. The van der Waals surface area contributed by atoms with Crippen LogP contribution in [-0.4, -0.2) is 36.3 Å². The molecule has 150 valence electrons. The third-order valence-corrected chi connectivity index (χ3v) is 5.27. The van der Waals surface area contributed by atoms with Gasteiger partial charge in [0.1, 0.15) is 16.8 Å². The zero-order valence-corrected chi connectivity index (χ0v) is 16.9. The van der Waals surface area contributed by atoms with E-state index in [2.05, 4.69) is 0 Å². The first-order valence-corrected chi connectivity index (χ1v) is 9.39. The second-order valence-electron chi connectivity index (χ2n) is 6.51. The molecule has 0 saturated carbocycles. The molecule has 0 saturated heterocycles. The molecule has 0 spiro atoms. The molecule has 0 amide bonds. The van der Waals surface area contributed by atoms with Gasteiger partial charge >= 0.3 is 11.9 Å². The lowest BCUT2D eigenvalue weighted by Crippen LogP contribution is -2.15. The van der Waals surface area contributed by atoms with E-state index in [0.29, 0.717) is 10.9 Å². The van der Waals surface area contributed by atoms with Gasteiger partial charge in [0.25, 0.3) is 0 Å². The number of esters is 2. The Morgan fingerprint density at radius 1 is 0.833 bits per heavy atom. The van der Waals surface area contributed by atoms with Crippen molar-refractivity contribution in [3.8, 4) is 0 Å². The fourth-order valence-corrected chi connectivity index (χ4v) is 3.83. The summed E-state index contributed by atoms with van der Waals surface area (Å²) in [5, 5.41) is 1.75. The molecule has 6 nitrogen and oxygen atoms in total. The lowest BCUT2D eigenvalue weighted by Gasteiger charge is -2.07. The van der Waals surface area contributed by atoms with Crippen molar-refractivity contribution in [1.82, 2.24) is 4.40 Å². The maximum atomic E-state index is 13.5. The van der Waals surface area contributed by atoms with Crippen molar-refractivity contribution in [2.75, 3.05) is 14.2 Å². The highest BCUT2D eigenvalue weighted by Crippen LogP contribution is 2.33. The van der Waals surface area contributed by atoms with Crippen molar-refractivity contribution >= 4 is 45.6 Å². The minimum atomic E-state index is -0.821. The van der Waals surface area contributed by atoms with Crippen molar-refractivity contribution < 1.29 is 23.9 Å². The summed E-state index contributed by atoms with van der Waals surface area (Å²) in [4.78, 5) is 39.1. The van der Waals surface area contributed by atoms with E-state index < -0.39 is 17.7 Å². The minimum absolute atomic E-state index is 0.0175. The SMILES string of the molecule is COC(=O)c1c(C(=O)OC)c2c3ccccc3ccn2c1C(=O)c1ccccc1Cl. The molecule has 0 bridgehead atoms. The summed E-state index contributed by atoms with van der Waals surface area (Å²) >= 11 is 6.24. The van der Waals surface area contributed by atoms with Crippen molar-refractivity contribution in [2.24, 2.45) is 0 Å². The molecule has 30 heavy (non-hydrogen) atoms. The van der Waals surface area contributed by atoms with Crippen LogP contribution in [0.3, 0.4) is 0 Å². The van der Waals surface area contributed by atoms with Crippen LogP contribution >= 0.6 is 11.6 Å². The largest absolute Gasteiger partial charge is 0.465 e. The summed E-state index contributed by atoms with van der Waals surface area (Å²) in [6.07, 6.45) is 1.64. The first-order valence-electron chi connectivity index (χ1n) is 9.01. The van der Waals surface area contributed by atoms with Gasteiger partial charge in [-0.15, -0.1) is 0 Å².